The van der Waals surface area contributed by atoms with Gasteiger partial charge < -0.3 is 44.7 Å². The number of amides is 4. The Morgan fingerprint density at radius 3 is 2.29 bits per heavy atom. The summed E-state index contributed by atoms with van der Waals surface area (Å²) >= 11 is 0. The molecule has 3 fully saturated rings. The largest absolute Gasteiger partial charge is 0.457 e. The van der Waals surface area contributed by atoms with Crippen LogP contribution in [0.25, 0.3) is 22.3 Å². The topological polar surface area (TPSA) is 212 Å². The van der Waals surface area contributed by atoms with Gasteiger partial charge in [-0.1, -0.05) is 24.3 Å². The lowest BCUT2D eigenvalue weighted by Gasteiger charge is -2.35. The van der Waals surface area contributed by atoms with Crippen molar-refractivity contribution in [3.63, 3.8) is 0 Å². The standard InChI is InChI=1S/C51H63N11O8/c52-48-46-47(36-13-15-39(16-14-36)70-38-8-2-1-3-9-38)57-62(49(46)55-35-54-48)37-7-5-21-60(33-37)45(64)12-6-20-58-22-24-59(25-23-58)26-28-68-30-32-69-31-29-67-27-19-53-42-11-4-10-40-41(42)34-61(51(40)66)43-17-18-44(63)56-50(43)65/h1-4,8-11,13-16,35,37,43,53H,5-7,12,17-34H2,(H2,52,54,55)(H,56,63,65)/t37-,43?/m1/s1. The van der Waals surface area contributed by atoms with E-state index in [1.807, 2.05) is 76.3 Å². The molecular weight excluding hydrogens is 895 g/mol. The van der Waals surface area contributed by atoms with E-state index in [0.717, 1.165) is 93.4 Å². The van der Waals surface area contributed by atoms with Crippen molar-refractivity contribution in [2.75, 3.05) is 110 Å². The van der Waals surface area contributed by atoms with Crippen molar-refractivity contribution < 1.29 is 38.1 Å². The smallest absolute Gasteiger partial charge is 0.255 e. The number of ether oxygens (including phenoxy) is 4. The molecule has 70 heavy (non-hydrogen) atoms. The van der Waals surface area contributed by atoms with E-state index in [-0.39, 0.29) is 30.2 Å². The molecule has 4 N–H and O–H groups in total. The highest BCUT2D eigenvalue weighted by atomic mass is 16.5. The molecule has 1 unspecified atom stereocenters. The van der Waals surface area contributed by atoms with Crippen molar-refractivity contribution in [2.24, 2.45) is 0 Å². The number of anilines is 2. The van der Waals surface area contributed by atoms with Gasteiger partial charge in [-0.3, -0.25) is 29.4 Å². The number of carbonyl (C=O) groups is 4. The number of benzene rings is 3. The third kappa shape index (κ3) is 11.9. The van der Waals surface area contributed by atoms with Gasteiger partial charge in [-0.15, -0.1) is 0 Å². The van der Waals surface area contributed by atoms with Crippen LogP contribution in [0.2, 0.25) is 0 Å². The van der Waals surface area contributed by atoms with E-state index < -0.39 is 11.9 Å². The minimum Gasteiger partial charge on any atom is -0.457 e. The lowest BCUT2D eigenvalue weighted by Crippen LogP contribution is -2.52. The highest BCUT2D eigenvalue weighted by molar-refractivity contribution is 6.06. The Kier molecular flexibility index (Phi) is 16.2. The van der Waals surface area contributed by atoms with Gasteiger partial charge in [0.1, 0.15) is 35.4 Å². The highest BCUT2D eigenvalue weighted by Crippen LogP contribution is 2.36. The molecule has 3 saturated heterocycles. The normalized spacial score (nSPS) is 18.9. The van der Waals surface area contributed by atoms with Crippen LogP contribution in [0.15, 0.2) is 79.1 Å². The molecule has 4 amide bonds. The number of nitrogens with two attached hydrogens (primary N) is 1. The fourth-order valence-electron chi connectivity index (χ4n) is 9.73. The minimum absolute atomic E-state index is 0.0298. The third-order valence-corrected chi connectivity index (χ3v) is 13.5. The number of hydrogen-bond donors (Lipinski definition) is 3. The summed E-state index contributed by atoms with van der Waals surface area (Å²) in [7, 11) is 0. The van der Waals surface area contributed by atoms with Gasteiger partial charge in [0.05, 0.1) is 51.1 Å². The number of para-hydroxylation sites is 1. The fraction of sp³-hybridized carbons (Fsp3) is 0.471. The van der Waals surface area contributed by atoms with Gasteiger partial charge in [-0.2, -0.15) is 5.10 Å². The van der Waals surface area contributed by atoms with E-state index in [1.165, 1.54) is 6.33 Å². The van der Waals surface area contributed by atoms with Crippen LogP contribution in [-0.4, -0.2) is 168 Å². The summed E-state index contributed by atoms with van der Waals surface area (Å²) in [6.45, 7) is 10.9. The van der Waals surface area contributed by atoms with E-state index in [9.17, 15) is 19.2 Å². The maximum absolute atomic E-state index is 13.6. The summed E-state index contributed by atoms with van der Waals surface area (Å²) in [5, 5.41) is 11.5. The molecule has 370 valence electrons. The quantitative estimate of drug-likeness (QED) is 0.0650. The Morgan fingerprint density at radius 1 is 0.786 bits per heavy atom. The maximum atomic E-state index is 13.6. The zero-order chi connectivity index (χ0) is 48.2. The number of carbonyl (C=O) groups excluding carboxylic acids is 4. The number of rotatable bonds is 22. The molecule has 0 bridgehead atoms. The molecule has 2 atom stereocenters. The first-order valence-corrected chi connectivity index (χ1v) is 24.6. The van der Waals surface area contributed by atoms with Crippen LogP contribution >= 0.6 is 0 Å². The molecule has 0 radical (unpaired) electrons. The zero-order valence-corrected chi connectivity index (χ0v) is 39.6. The predicted octanol–water partition coefficient (Wildman–Crippen LogP) is 4.35. The van der Waals surface area contributed by atoms with Crippen molar-refractivity contribution in [2.45, 2.75) is 57.2 Å². The van der Waals surface area contributed by atoms with Gasteiger partial charge in [-0.25, -0.2) is 14.6 Å². The lowest BCUT2D eigenvalue weighted by atomic mass is 10.0. The minimum atomic E-state index is -0.643. The second kappa shape index (κ2) is 23.4. The van der Waals surface area contributed by atoms with Crippen molar-refractivity contribution >= 4 is 46.2 Å². The number of nitrogens with zero attached hydrogens (tertiary/aromatic N) is 8. The Balaban J connectivity index is 0.612. The third-order valence-electron chi connectivity index (χ3n) is 13.5. The Morgan fingerprint density at radius 2 is 1.51 bits per heavy atom. The molecule has 3 aromatic carbocycles. The summed E-state index contributed by atoms with van der Waals surface area (Å²) in [5.74, 6) is 1.12. The molecule has 0 saturated carbocycles. The number of fused-ring (bicyclic) bond motifs is 2. The Hall–Kier alpha value is -6.51. The summed E-state index contributed by atoms with van der Waals surface area (Å²) in [6, 6.07) is 22.3. The Labute approximate surface area is 407 Å². The molecular formula is C51H63N11O8. The van der Waals surface area contributed by atoms with Crippen molar-refractivity contribution in [1.29, 1.82) is 0 Å². The van der Waals surface area contributed by atoms with Crippen molar-refractivity contribution in [3.8, 4) is 22.8 Å². The van der Waals surface area contributed by atoms with E-state index >= 15 is 0 Å². The molecule has 6 heterocycles. The lowest BCUT2D eigenvalue weighted by molar-refractivity contribution is -0.137. The van der Waals surface area contributed by atoms with Crippen molar-refractivity contribution in [1.82, 2.24) is 44.7 Å². The molecule has 4 aliphatic rings. The number of likely N-dealkylation sites (tertiary alicyclic amines) is 1. The summed E-state index contributed by atoms with van der Waals surface area (Å²) in [5.41, 5.74) is 11.0. The van der Waals surface area contributed by atoms with Crippen LogP contribution in [0.3, 0.4) is 0 Å². The molecule has 2 aromatic heterocycles. The maximum Gasteiger partial charge on any atom is 0.255 e. The first kappa shape index (κ1) is 48.5. The SMILES string of the molecule is Nc1ncnc2c1c(-c1ccc(Oc3ccccc3)cc1)nn2[C@@H]1CCCN(C(=O)CCCN2CCN(CCOCCOCCOCCNc3cccc4c3CN(C3CCC(=O)NC3=O)C4=O)CC2)C1. The van der Waals surface area contributed by atoms with Crippen LogP contribution in [0.5, 0.6) is 11.5 Å². The van der Waals surface area contributed by atoms with E-state index in [1.54, 1.807) is 11.0 Å². The number of piperazine rings is 1. The molecule has 0 spiro atoms. The molecule has 9 rings (SSSR count). The van der Waals surface area contributed by atoms with Gasteiger partial charge in [0, 0.05) is 94.1 Å². The first-order chi connectivity index (χ1) is 34.3. The second-order valence-electron chi connectivity index (χ2n) is 18.1. The zero-order valence-electron chi connectivity index (χ0n) is 39.6. The summed E-state index contributed by atoms with van der Waals surface area (Å²) in [6.07, 6.45) is 5.13. The molecule has 4 aliphatic heterocycles. The van der Waals surface area contributed by atoms with Gasteiger partial charge in [0.15, 0.2) is 5.65 Å². The number of piperidine rings is 2. The van der Waals surface area contributed by atoms with Gasteiger partial charge in [-0.05, 0) is 80.8 Å². The number of nitrogens with one attached hydrogen (secondary N) is 2. The Bertz CT molecular complexity index is 2590. The van der Waals surface area contributed by atoms with E-state index in [2.05, 4.69) is 30.4 Å². The second-order valence-corrected chi connectivity index (χ2v) is 18.1. The average molecular weight is 958 g/mol. The molecule has 19 heteroatoms. The van der Waals surface area contributed by atoms with E-state index in [0.29, 0.717) is 100 Å². The fourth-order valence-corrected chi connectivity index (χ4v) is 9.73. The highest BCUT2D eigenvalue weighted by Gasteiger charge is 2.40. The average Bonchev–Trinajstić information content (AvgIpc) is 3.94. The molecule has 19 nitrogen and oxygen atoms in total. The predicted molar refractivity (Wildman–Crippen MR) is 262 cm³/mol. The number of hydrogen-bond acceptors (Lipinski definition) is 15. The molecule has 5 aromatic rings. The summed E-state index contributed by atoms with van der Waals surface area (Å²) < 4.78 is 25.2. The van der Waals surface area contributed by atoms with Gasteiger partial charge in [0.2, 0.25) is 17.7 Å². The number of nitrogen functional groups attached to an aromatic ring is 1. The van der Waals surface area contributed by atoms with Gasteiger partial charge >= 0.3 is 0 Å². The van der Waals surface area contributed by atoms with Crippen LogP contribution in [0.4, 0.5) is 11.5 Å². The van der Waals surface area contributed by atoms with E-state index in [4.69, 9.17) is 29.8 Å². The van der Waals surface area contributed by atoms with Gasteiger partial charge in [0.25, 0.3) is 5.91 Å². The van der Waals surface area contributed by atoms with Crippen LogP contribution in [-0.2, 0) is 35.1 Å². The van der Waals surface area contributed by atoms with Crippen LogP contribution < -0.4 is 21.1 Å². The molecule has 0 aliphatic carbocycles. The number of imide groups is 1. The summed E-state index contributed by atoms with van der Waals surface area (Å²) in [4.78, 5) is 67.9. The van der Waals surface area contributed by atoms with Crippen LogP contribution in [0, 0.1) is 0 Å². The first-order valence-electron chi connectivity index (χ1n) is 24.6. The number of aromatic nitrogens is 4. The van der Waals surface area contributed by atoms with Crippen LogP contribution in [0.1, 0.15) is 60.5 Å². The monoisotopic (exact) mass is 957 g/mol. The van der Waals surface area contributed by atoms with Crippen molar-refractivity contribution in [3.05, 3.63) is 90.3 Å².